The highest BCUT2D eigenvalue weighted by atomic mass is 35.5. The van der Waals surface area contributed by atoms with E-state index in [-0.39, 0.29) is 24.2 Å². The van der Waals surface area contributed by atoms with Crippen LogP contribution in [0.5, 0.6) is 11.5 Å². The smallest absolute Gasteiger partial charge is 0.294 e. The second kappa shape index (κ2) is 7.41. The van der Waals surface area contributed by atoms with Crippen molar-refractivity contribution in [1.29, 1.82) is 0 Å². The van der Waals surface area contributed by atoms with Crippen LogP contribution in [0.2, 0.25) is 5.02 Å². The predicted molar refractivity (Wildman–Crippen MR) is 97.7 cm³/mol. The molecule has 1 aromatic carbocycles. The van der Waals surface area contributed by atoms with Gasteiger partial charge in [-0.05, 0) is 29.5 Å². The van der Waals surface area contributed by atoms with Gasteiger partial charge in [-0.25, -0.2) is 0 Å². The van der Waals surface area contributed by atoms with Gasteiger partial charge < -0.3 is 19.1 Å². The van der Waals surface area contributed by atoms with Crippen molar-refractivity contribution in [3.05, 3.63) is 27.6 Å². The van der Waals surface area contributed by atoms with E-state index in [0.717, 1.165) is 16.7 Å². The number of carbonyl (C=O) groups excluding carboxylic acids is 3. The van der Waals surface area contributed by atoms with Crippen LogP contribution in [-0.2, 0) is 14.3 Å². The monoisotopic (exact) mass is 410 g/mol. The summed E-state index contributed by atoms with van der Waals surface area (Å²) >= 11 is 7.00. The van der Waals surface area contributed by atoms with Crippen molar-refractivity contribution in [1.82, 2.24) is 9.80 Å². The molecule has 2 fully saturated rings. The average Bonchev–Trinajstić information content (AvgIpc) is 3.22. The van der Waals surface area contributed by atoms with Gasteiger partial charge in [-0.2, -0.15) is 0 Å². The van der Waals surface area contributed by atoms with Crippen molar-refractivity contribution in [2.45, 2.75) is 0 Å². The molecule has 1 aromatic rings. The van der Waals surface area contributed by atoms with E-state index in [9.17, 15) is 14.4 Å². The Labute approximate surface area is 164 Å². The molecule has 8 nitrogen and oxygen atoms in total. The average molecular weight is 411 g/mol. The van der Waals surface area contributed by atoms with Gasteiger partial charge in [0.25, 0.3) is 11.1 Å². The predicted octanol–water partition coefficient (Wildman–Crippen LogP) is 1.96. The van der Waals surface area contributed by atoms with Crippen molar-refractivity contribution in [3.8, 4) is 11.5 Å². The molecule has 0 spiro atoms. The Morgan fingerprint density at radius 1 is 1.19 bits per heavy atom. The molecule has 2 saturated heterocycles. The first-order valence-electron chi connectivity index (χ1n) is 8.23. The molecule has 4 rings (SSSR count). The fourth-order valence-electron chi connectivity index (χ4n) is 2.87. The number of morpholine rings is 1. The molecule has 0 bridgehead atoms. The second-order valence-electron chi connectivity index (χ2n) is 5.99. The molecule has 27 heavy (non-hydrogen) atoms. The van der Waals surface area contributed by atoms with Crippen LogP contribution < -0.4 is 9.47 Å². The third-order valence-corrected chi connectivity index (χ3v) is 5.54. The van der Waals surface area contributed by atoms with Gasteiger partial charge in [-0.3, -0.25) is 19.3 Å². The lowest BCUT2D eigenvalue weighted by Crippen LogP contribution is -2.46. The van der Waals surface area contributed by atoms with E-state index in [1.54, 1.807) is 17.0 Å². The quantitative estimate of drug-likeness (QED) is 0.704. The van der Waals surface area contributed by atoms with Crippen molar-refractivity contribution in [2.75, 3.05) is 39.6 Å². The summed E-state index contributed by atoms with van der Waals surface area (Å²) in [6, 6.07) is 3.25. The lowest BCUT2D eigenvalue weighted by atomic mass is 10.2. The van der Waals surface area contributed by atoms with Gasteiger partial charge in [0.05, 0.1) is 23.1 Å². The number of rotatable bonds is 3. The minimum Gasteiger partial charge on any atom is -0.454 e. The minimum absolute atomic E-state index is 0.106. The Hall–Kier alpha value is -2.23. The molecule has 0 atom stereocenters. The van der Waals surface area contributed by atoms with Crippen LogP contribution >= 0.6 is 23.4 Å². The normalized spacial score (nSPS) is 20.7. The molecule has 3 aliphatic heterocycles. The lowest BCUT2D eigenvalue weighted by Gasteiger charge is -2.28. The highest BCUT2D eigenvalue weighted by molar-refractivity contribution is 8.18. The molecule has 0 saturated carbocycles. The van der Waals surface area contributed by atoms with E-state index in [1.165, 1.54) is 6.08 Å². The van der Waals surface area contributed by atoms with Gasteiger partial charge in [0, 0.05) is 19.2 Å². The Kier molecular flexibility index (Phi) is 4.98. The fraction of sp³-hybridized carbons (Fsp3) is 0.353. The third-order valence-electron chi connectivity index (χ3n) is 4.31. The highest BCUT2D eigenvalue weighted by Crippen LogP contribution is 2.39. The highest BCUT2D eigenvalue weighted by Gasteiger charge is 2.37. The Morgan fingerprint density at radius 3 is 2.63 bits per heavy atom. The Bertz CT molecular complexity index is 852. The van der Waals surface area contributed by atoms with Crippen LogP contribution in [0.4, 0.5) is 4.79 Å². The molecule has 0 aliphatic carbocycles. The zero-order chi connectivity index (χ0) is 19.0. The van der Waals surface area contributed by atoms with E-state index in [2.05, 4.69) is 0 Å². The van der Waals surface area contributed by atoms with Crippen LogP contribution in [0.25, 0.3) is 6.08 Å². The molecule has 3 amide bonds. The zero-order valence-electron chi connectivity index (χ0n) is 14.1. The summed E-state index contributed by atoms with van der Waals surface area (Å²) < 4.78 is 15.8. The largest absolute Gasteiger partial charge is 0.454 e. The van der Waals surface area contributed by atoms with Crippen LogP contribution in [0, 0.1) is 0 Å². The number of fused-ring (bicyclic) bond motifs is 1. The van der Waals surface area contributed by atoms with Gasteiger partial charge in [0.15, 0.2) is 11.5 Å². The summed E-state index contributed by atoms with van der Waals surface area (Å²) in [4.78, 5) is 39.9. The Morgan fingerprint density at radius 2 is 1.89 bits per heavy atom. The Balaban J connectivity index is 1.51. The summed E-state index contributed by atoms with van der Waals surface area (Å²) in [7, 11) is 0. The van der Waals surface area contributed by atoms with Crippen molar-refractivity contribution in [2.24, 2.45) is 0 Å². The number of ether oxygens (including phenoxy) is 3. The summed E-state index contributed by atoms with van der Waals surface area (Å²) in [6.45, 7) is 1.65. The number of amides is 3. The molecule has 142 valence electrons. The summed E-state index contributed by atoms with van der Waals surface area (Å²) in [5.41, 5.74) is 0.533. The van der Waals surface area contributed by atoms with E-state index in [4.69, 9.17) is 25.8 Å². The molecule has 0 radical (unpaired) electrons. The number of benzene rings is 1. The van der Waals surface area contributed by atoms with E-state index in [1.807, 2.05) is 0 Å². The van der Waals surface area contributed by atoms with Gasteiger partial charge in [0.1, 0.15) is 6.54 Å². The van der Waals surface area contributed by atoms with E-state index < -0.39 is 11.1 Å². The number of hydrogen-bond donors (Lipinski definition) is 0. The SMILES string of the molecule is O=C(CN1C(=O)SC(=Cc2cc3c(cc2Cl)OCO3)C1=O)N1CCOCC1. The maximum Gasteiger partial charge on any atom is 0.294 e. The van der Waals surface area contributed by atoms with Crippen LogP contribution in [0.1, 0.15) is 5.56 Å². The fourth-order valence-corrected chi connectivity index (χ4v) is 3.91. The van der Waals surface area contributed by atoms with Crippen LogP contribution in [-0.4, -0.2) is 66.5 Å². The topological polar surface area (TPSA) is 85.4 Å². The third kappa shape index (κ3) is 3.62. The van der Waals surface area contributed by atoms with Crippen LogP contribution in [0.15, 0.2) is 17.0 Å². The van der Waals surface area contributed by atoms with Crippen molar-refractivity contribution < 1.29 is 28.6 Å². The summed E-state index contributed by atoms with van der Waals surface area (Å²) in [6.07, 6.45) is 1.52. The first-order chi connectivity index (χ1) is 13.0. The molecule has 0 unspecified atom stereocenters. The van der Waals surface area contributed by atoms with Crippen molar-refractivity contribution in [3.63, 3.8) is 0 Å². The van der Waals surface area contributed by atoms with Gasteiger partial charge in [-0.1, -0.05) is 11.6 Å². The van der Waals surface area contributed by atoms with Crippen LogP contribution in [0.3, 0.4) is 0 Å². The maximum atomic E-state index is 12.6. The second-order valence-corrected chi connectivity index (χ2v) is 7.39. The number of halogens is 1. The van der Waals surface area contributed by atoms with E-state index in [0.29, 0.717) is 48.4 Å². The lowest BCUT2D eigenvalue weighted by molar-refractivity contribution is -0.139. The number of imide groups is 1. The zero-order valence-corrected chi connectivity index (χ0v) is 15.7. The first kappa shape index (κ1) is 18.1. The summed E-state index contributed by atoms with van der Waals surface area (Å²) in [5, 5.41) is -0.111. The number of carbonyl (C=O) groups is 3. The van der Waals surface area contributed by atoms with E-state index >= 15 is 0 Å². The van der Waals surface area contributed by atoms with Crippen molar-refractivity contribution >= 4 is 46.5 Å². The molecule has 3 aliphatic rings. The molecule has 3 heterocycles. The number of nitrogens with zero attached hydrogens (tertiary/aromatic N) is 2. The van der Waals surface area contributed by atoms with Gasteiger partial charge in [0.2, 0.25) is 12.7 Å². The van der Waals surface area contributed by atoms with Gasteiger partial charge >= 0.3 is 0 Å². The summed E-state index contributed by atoms with van der Waals surface area (Å²) in [5.74, 6) is 0.261. The minimum atomic E-state index is -0.514. The molecular formula is C17H15ClN2O6S. The first-order valence-corrected chi connectivity index (χ1v) is 9.42. The number of hydrogen-bond acceptors (Lipinski definition) is 7. The maximum absolute atomic E-state index is 12.6. The molecular weight excluding hydrogens is 396 g/mol. The molecule has 0 N–H and O–H groups in total. The standard InChI is InChI=1S/C17H15ClN2O6S/c18-11-7-13-12(25-9-26-13)5-10(11)6-14-16(22)20(17(23)27-14)8-15(21)19-1-3-24-4-2-19/h5-7H,1-4,8-9H2. The molecule has 10 heteroatoms. The molecule has 0 aromatic heterocycles. The number of thioether (sulfide) groups is 1. The van der Waals surface area contributed by atoms with Gasteiger partial charge in [-0.15, -0.1) is 0 Å².